The second kappa shape index (κ2) is 6.89. The maximum absolute atomic E-state index is 14.6. The van der Waals surface area contributed by atoms with Gasteiger partial charge in [0.1, 0.15) is 27.4 Å². The highest BCUT2D eigenvalue weighted by atomic mass is 19.2. The molecule has 34 heavy (non-hydrogen) atoms. The molecular formula is C20F8N6. The summed E-state index contributed by atoms with van der Waals surface area (Å²) in [4.78, 5) is 13.5. The minimum atomic E-state index is -2.23. The SMILES string of the molecule is [C-]#[N+]/N=c1/c2nc3c(nc2c2c(F)c(F)c(F)c(F)c12)c(=NC#N)c1c(F)c(F)c(F)c(F)c13. The summed E-state index contributed by atoms with van der Waals surface area (Å²) in [5, 5.41) is 6.40. The summed E-state index contributed by atoms with van der Waals surface area (Å²) in [6.07, 6.45) is 1.23. The molecule has 0 bridgehead atoms. The van der Waals surface area contributed by atoms with Crippen molar-refractivity contribution in [3.05, 3.63) is 68.8 Å². The fraction of sp³-hybridized carbons (Fsp3) is 0. The molecule has 0 saturated carbocycles. The third kappa shape index (κ3) is 2.36. The average Bonchev–Trinajstić information content (AvgIpc) is 3.30. The van der Waals surface area contributed by atoms with Crippen LogP contribution < -0.4 is 10.7 Å². The fourth-order valence-electron chi connectivity index (χ4n) is 3.81. The van der Waals surface area contributed by atoms with Crippen molar-refractivity contribution in [3.63, 3.8) is 0 Å². The van der Waals surface area contributed by atoms with Crippen LogP contribution in [0.2, 0.25) is 0 Å². The Morgan fingerprint density at radius 3 is 1.38 bits per heavy atom. The zero-order chi connectivity index (χ0) is 24.6. The quantitative estimate of drug-likeness (QED) is 0.0840. The zero-order valence-corrected chi connectivity index (χ0v) is 15.7. The Labute approximate surface area is 179 Å². The van der Waals surface area contributed by atoms with E-state index in [-0.39, 0.29) is 0 Å². The van der Waals surface area contributed by atoms with E-state index >= 15 is 0 Å². The average molecular weight is 476 g/mol. The first-order valence-electron chi connectivity index (χ1n) is 8.72. The van der Waals surface area contributed by atoms with Crippen LogP contribution >= 0.6 is 0 Å². The molecule has 1 heterocycles. The van der Waals surface area contributed by atoms with Gasteiger partial charge in [0.05, 0.1) is 26.6 Å². The van der Waals surface area contributed by atoms with Gasteiger partial charge in [-0.2, -0.15) is 16.8 Å². The van der Waals surface area contributed by atoms with Crippen LogP contribution in [-0.2, 0) is 0 Å². The third-order valence-corrected chi connectivity index (χ3v) is 5.14. The molecule has 0 saturated heterocycles. The Balaban J connectivity index is 2.22. The highest BCUT2D eigenvalue weighted by Gasteiger charge is 2.31. The molecule has 0 spiro atoms. The summed E-state index contributed by atoms with van der Waals surface area (Å²) in [5.74, 6) is -16.7. The molecule has 0 aliphatic heterocycles. The largest absolute Gasteiger partial charge is 0.241 e. The van der Waals surface area contributed by atoms with E-state index in [0.717, 1.165) is 0 Å². The lowest BCUT2D eigenvalue weighted by Crippen LogP contribution is -2.06. The molecule has 0 unspecified atom stereocenters. The molecule has 4 aromatic carbocycles. The molecule has 5 aromatic rings. The van der Waals surface area contributed by atoms with Crippen molar-refractivity contribution in [2.75, 3.05) is 0 Å². The van der Waals surface area contributed by atoms with E-state index in [1.807, 2.05) is 0 Å². The molecule has 0 aliphatic rings. The first-order valence-corrected chi connectivity index (χ1v) is 8.72. The predicted molar refractivity (Wildman–Crippen MR) is 97.4 cm³/mol. The number of aromatic nitrogens is 2. The summed E-state index contributed by atoms with van der Waals surface area (Å²) in [5.41, 5.74) is -2.88. The lowest BCUT2D eigenvalue weighted by molar-refractivity contribution is 0.418. The maximum Gasteiger partial charge on any atom is 0.206 e. The normalized spacial score (nSPS) is 13.0. The van der Waals surface area contributed by atoms with Crippen LogP contribution in [0.5, 0.6) is 0 Å². The Bertz CT molecular complexity index is 1830. The van der Waals surface area contributed by atoms with Crippen LogP contribution in [0.4, 0.5) is 35.1 Å². The van der Waals surface area contributed by atoms with E-state index < -0.39 is 101 Å². The van der Waals surface area contributed by atoms with Gasteiger partial charge in [0, 0.05) is 0 Å². The molecule has 14 heteroatoms. The van der Waals surface area contributed by atoms with Gasteiger partial charge in [-0.1, -0.05) is 0 Å². The summed E-state index contributed by atoms with van der Waals surface area (Å²) >= 11 is 0. The van der Waals surface area contributed by atoms with Crippen LogP contribution in [0.25, 0.3) is 48.6 Å². The molecule has 0 atom stereocenters. The second-order valence-electron chi connectivity index (χ2n) is 6.74. The van der Waals surface area contributed by atoms with E-state index in [1.165, 1.54) is 6.19 Å². The van der Waals surface area contributed by atoms with Crippen molar-refractivity contribution < 1.29 is 35.1 Å². The zero-order valence-electron chi connectivity index (χ0n) is 15.7. The molecule has 0 fully saturated rings. The topological polar surface area (TPSA) is 78.7 Å². The van der Waals surface area contributed by atoms with Gasteiger partial charge in [-0.15, -0.1) is 4.95 Å². The summed E-state index contributed by atoms with van der Waals surface area (Å²) in [6, 6.07) is 0. The highest BCUT2D eigenvalue weighted by molar-refractivity contribution is 6.15. The molecule has 0 radical (unpaired) electrons. The van der Waals surface area contributed by atoms with E-state index in [0.29, 0.717) is 0 Å². The van der Waals surface area contributed by atoms with Crippen molar-refractivity contribution >= 4 is 43.6 Å². The predicted octanol–water partition coefficient (Wildman–Crippen LogP) is 4.19. The molecule has 0 N–H and O–H groups in total. The number of fused-ring (bicyclic) bond motifs is 6. The van der Waals surface area contributed by atoms with Gasteiger partial charge in [-0.3, -0.25) is 0 Å². The van der Waals surface area contributed by atoms with E-state index in [9.17, 15) is 35.1 Å². The van der Waals surface area contributed by atoms with Crippen LogP contribution in [0, 0.1) is 64.6 Å². The van der Waals surface area contributed by atoms with Gasteiger partial charge >= 0.3 is 0 Å². The molecule has 5 rings (SSSR count). The molecule has 166 valence electrons. The van der Waals surface area contributed by atoms with E-state index in [1.54, 1.807) is 0 Å². The molecular weight excluding hydrogens is 476 g/mol. The molecule has 0 amide bonds. The Hall–Kier alpha value is -4.72. The fourth-order valence-corrected chi connectivity index (χ4v) is 3.81. The van der Waals surface area contributed by atoms with Crippen molar-refractivity contribution in [3.8, 4) is 6.19 Å². The van der Waals surface area contributed by atoms with Crippen LogP contribution in [0.3, 0.4) is 0 Å². The van der Waals surface area contributed by atoms with E-state index in [4.69, 9.17) is 11.8 Å². The number of rotatable bonds is 0. The van der Waals surface area contributed by atoms with Gasteiger partial charge in [0.25, 0.3) is 0 Å². The number of nitrogens with zero attached hydrogens (tertiary/aromatic N) is 6. The van der Waals surface area contributed by atoms with Crippen molar-refractivity contribution in [1.82, 2.24) is 9.97 Å². The van der Waals surface area contributed by atoms with Crippen LogP contribution in [0.1, 0.15) is 0 Å². The van der Waals surface area contributed by atoms with Gasteiger partial charge in [-0.05, 0) is 0 Å². The van der Waals surface area contributed by atoms with Gasteiger partial charge in [0.2, 0.25) is 6.19 Å². The third-order valence-electron chi connectivity index (χ3n) is 5.14. The lowest BCUT2D eigenvalue weighted by Gasteiger charge is -2.00. The standard InChI is InChI=1S/C20F8N6/c1-30-34-18-6-5(9(23)13(27)14(28)10(6)24)17-20(18)33-16-4-3(15(31-2-29)19(16)32-17)7(21)11(25)12(26)8(4)22/b31-15?,34-18+. The summed E-state index contributed by atoms with van der Waals surface area (Å²) < 4.78 is 114. The highest BCUT2D eigenvalue weighted by Crippen LogP contribution is 2.35. The number of halogens is 8. The van der Waals surface area contributed by atoms with Gasteiger partial charge in [0.15, 0.2) is 51.9 Å². The number of benzene rings is 2. The minimum absolute atomic E-state index is 0.693. The first-order chi connectivity index (χ1) is 16.1. The number of hydrogen-bond acceptors (Lipinski definition) is 5. The lowest BCUT2D eigenvalue weighted by atomic mass is 10.2. The van der Waals surface area contributed by atoms with Crippen molar-refractivity contribution in [2.24, 2.45) is 10.1 Å². The number of hydrogen-bond donors (Lipinski definition) is 0. The summed E-state index contributed by atoms with van der Waals surface area (Å²) in [7, 11) is 0. The van der Waals surface area contributed by atoms with Crippen LogP contribution in [-0.4, -0.2) is 9.97 Å². The Kier molecular flexibility index (Phi) is 4.28. The van der Waals surface area contributed by atoms with Crippen molar-refractivity contribution in [1.29, 1.82) is 5.26 Å². The maximum atomic E-state index is 14.6. The monoisotopic (exact) mass is 476 g/mol. The Morgan fingerprint density at radius 2 is 0.971 bits per heavy atom. The Morgan fingerprint density at radius 1 is 0.588 bits per heavy atom. The van der Waals surface area contributed by atoms with Gasteiger partial charge < -0.3 is 0 Å². The molecule has 6 nitrogen and oxygen atoms in total. The number of nitriles is 1. The second-order valence-corrected chi connectivity index (χ2v) is 6.74. The molecule has 1 aromatic heterocycles. The first kappa shape index (κ1) is 21.1. The summed E-state index contributed by atoms with van der Waals surface area (Å²) in [6.45, 7) is 6.89. The van der Waals surface area contributed by atoms with Crippen molar-refractivity contribution in [2.45, 2.75) is 0 Å². The van der Waals surface area contributed by atoms with Gasteiger partial charge in [-0.25, -0.2) is 45.1 Å². The van der Waals surface area contributed by atoms with Crippen LogP contribution in [0.15, 0.2) is 10.1 Å². The molecule has 0 aliphatic carbocycles. The van der Waals surface area contributed by atoms with E-state index in [2.05, 4.69) is 25.0 Å². The minimum Gasteiger partial charge on any atom is -0.241 e. The smallest absolute Gasteiger partial charge is 0.206 e.